The highest BCUT2D eigenvalue weighted by Crippen LogP contribution is 2.21. The van der Waals surface area contributed by atoms with Gasteiger partial charge < -0.3 is 10.1 Å². The van der Waals surface area contributed by atoms with Crippen LogP contribution in [0.15, 0.2) is 76.5 Å². The van der Waals surface area contributed by atoms with Gasteiger partial charge in [-0.3, -0.25) is 9.52 Å². The van der Waals surface area contributed by atoms with Crippen LogP contribution in [-0.4, -0.2) is 29.9 Å². The molecule has 33 heavy (non-hydrogen) atoms. The second-order valence-electron chi connectivity index (χ2n) is 7.19. The monoisotopic (exact) mass is 489 g/mol. The van der Waals surface area contributed by atoms with Gasteiger partial charge in [-0.1, -0.05) is 18.2 Å². The number of ether oxygens (including phenoxy) is 1. The number of anilines is 1. The number of rotatable bonds is 8. The van der Waals surface area contributed by atoms with E-state index in [-0.39, 0.29) is 21.9 Å². The number of amides is 1. The molecule has 3 rings (SSSR count). The molecule has 11 heteroatoms. The predicted octanol–water partition coefficient (Wildman–Crippen LogP) is 2.38. The van der Waals surface area contributed by atoms with Gasteiger partial charge in [-0.2, -0.15) is 0 Å². The van der Waals surface area contributed by atoms with Crippen molar-refractivity contribution in [3.63, 3.8) is 0 Å². The fourth-order valence-electron chi connectivity index (χ4n) is 3.00. The molecule has 0 unspecified atom stereocenters. The second kappa shape index (κ2) is 9.61. The molecule has 9 nitrogen and oxygen atoms in total. The van der Waals surface area contributed by atoms with Gasteiger partial charge in [-0.05, 0) is 66.6 Å². The smallest absolute Gasteiger partial charge is 0.261 e. The number of carbonyl (C=O) groups excluding carboxylic acids is 1. The number of nitrogens with two attached hydrogens (primary N) is 1. The van der Waals surface area contributed by atoms with E-state index in [1.54, 1.807) is 43.3 Å². The summed E-state index contributed by atoms with van der Waals surface area (Å²) in [5.74, 6) is 0.0804. The van der Waals surface area contributed by atoms with Crippen LogP contribution in [0.1, 0.15) is 21.5 Å². The molecule has 0 bridgehead atoms. The van der Waals surface area contributed by atoms with Crippen LogP contribution in [0.5, 0.6) is 5.75 Å². The number of aryl methyl sites for hydroxylation is 1. The first-order valence-electron chi connectivity index (χ1n) is 9.67. The van der Waals surface area contributed by atoms with E-state index >= 15 is 0 Å². The summed E-state index contributed by atoms with van der Waals surface area (Å²) in [6, 6.07) is 16.5. The lowest BCUT2D eigenvalue weighted by molar-refractivity contribution is 0.0950. The lowest BCUT2D eigenvalue weighted by Gasteiger charge is -2.12. The van der Waals surface area contributed by atoms with Crippen molar-refractivity contribution in [1.29, 1.82) is 0 Å². The fourth-order valence-corrected chi connectivity index (χ4v) is 4.66. The maximum absolute atomic E-state index is 12.8. The highest BCUT2D eigenvalue weighted by molar-refractivity contribution is 7.92. The summed E-state index contributed by atoms with van der Waals surface area (Å²) in [6.07, 6.45) is 0. The number of hydrogen-bond acceptors (Lipinski definition) is 6. The van der Waals surface area contributed by atoms with Crippen LogP contribution >= 0.6 is 0 Å². The topological polar surface area (TPSA) is 145 Å². The van der Waals surface area contributed by atoms with Gasteiger partial charge in [0.1, 0.15) is 5.75 Å². The number of sulfonamides is 2. The van der Waals surface area contributed by atoms with Crippen molar-refractivity contribution in [3.8, 4) is 5.75 Å². The third kappa shape index (κ3) is 6.09. The Hall–Kier alpha value is -3.41. The Morgan fingerprint density at radius 1 is 0.939 bits per heavy atom. The number of benzene rings is 3. The molecule has 0 aromatic heterocycles. The van der Waals surface area contributed by atoms with E-state index < -0.39 is 26.0 Å². The minimum atomic E-state index is -3.95. The Kier molecular flexibility index (Phi) is 7.06. The molecule has 3 aromatic rings. The highest BCUT2D eigenvalue weighted by atomic mass is 32.2. The average Bonchev–Trinajstić information content (AvgIpc) is 2.77. The zero-order valence-electron chi connectivity index (χ0n) is 17.9. The van der Waals surface area contributed by atoms with Crippen LogP contribution in [0, 0.1) is 6.92 Å². The number of nitrogens with one attached hydrogen (secondary N) is 2. The molecule has 1 amide bonds. The maximum atomic E-state index is 12.8. The van der Waals surface area contributed by atoms with Crippen molar-refractivity contribution in [2.24, 2.45) is 5.14 Å². The highest BCUT2D eigenvalue weighted by Gasteiger charge is 2.18. The zero-order chi connectivity index (χ0) is 24.2. The summed E-state index contributed by atoms with van der Waals surface area (Å²) in [4.78, 5) is 12.6. The van der Waals surface area contributed by atoms with E-state index in [0.717, 1.165) is 0 Å². The molecule has 0 fully saturated rings. The lowest BCUT2D eigenvalue weighted by Crippen LogP contribution is -2.24. The van der Waals surface area contributed by atoms with Crippen molar-refractivity contribution in [3.05, 3.63) is 83.4 Å². The predicted molar refractivity (Wildman–Crippen MR) is 124 cm³/mol. The van der Waals surface area contributed by atoms with Crippen molar-refractivity contribution in [1.82, 2.24) is 5.32 Å². The van der Waals surface area contributed by atoms with E-state index in [4.69, 9.17) is 9.88 Å². The molecule has 174 valence electrons. The molecular weight excluding hydrogens is 466 g/mol. The van der Waals surface area contributed by atoms with Gasteiger partial charge >= 0.3 is 0 Å². The van der Waals surface area contributed by atoms with Gasteiger partial charge in [0.05, 0.1) is 16.9 Å². The van der Waals surface area contributed by atoms with Gasteiger partial charge in [0.15, 0.2) is 0 Å². The van der Waals surface area contributed by atoms with Crippen molar-refractivity contribution in [2.45, 2.75) is 23.3 Å². The molecule has 0 aliphatic carbocycles. The normalized spacial score (nSPS) is 11.6. The van der Waals surface area contributed by atoms with Gasteiger partial charge in [0.25, 0.3) is 15.9 Å². The molecular formula is C22H23N3O6S2. The molecule has 0 atom stereocenters. The molecule has 0 saturated heterocycles. The van der Waals surface area contributed by atoms with Crippen LogP contribution in [0.4, 0.5) is 5.69 Å². The van der Waals surface area contributed by atoms with E-state index in [1.165, 1.54) is 37.4 Å². The molecule has 0 aliphatic rings. The van der Waals surface area contributed by atoms with Crippen LogP contribution in [-0.2, 0) is 26.6 Å². The number of primary sulfonamides is 1. The number of hydrogen-bond donors (Lipinski definition) is 3. The summed E-state index contributed by atoms with van der Waals surface area (Å²) in [7, 11) is -6.31. The van der Waals surface area contributed by atoms with E-state index in [0.29, 0.717) is 22.6 Å². The quantitative estimate of drug-likeness (QED) is 0.443. The number of carbonyl (C=O) groups is 1. The Morgan fingerprint density at radius 2 is 1.64 bits per heavy atom. The standard InChI is InChI=1S/C22H23N3O6S2/c1-15-6-11-20(33(29,30)25-17-7-9-18(31-2)10-8-17)13-21(15)22(26)24-14-16-4-3-5-19(12-16)32(23,27)28/h3-13,25H,14H2,1-2H3,(H,24,26)(H2,23,27,28). The van der Waals surface area contributed by atoms with Crippen LogP contribution in [0.25, 0.3) is 0 Å². The summed E-state index contributed by atoms with van der Waals surface area (Å²) in [5, 5.41) is 7.81. The summed E-state index contributed by atoms with van der Waals surface area (Å²) >= 11 is 0. The van der Waals surface area contributed by atoms with E-state index in [1.807, 2.05) is 0 Å². The first-order valence-corrected chi connectivity index (χ1v) is 12.7. The zero-order valence-corrected chi connectivity index (χ0v) is 19.5. The summed E-state index contributed by atoms with van der Waals surface area (Å²) in [6.45, 7) is 1.71. The minimum absolute atomic E-state index is 0.0305. The Balaban J connectivity index is 1.78. The van der Waals surface area contributed by atoms with Gasteiger partial charge in [0, 0.05) is 17.8 Å². The van der Waals surface area contributed by atoms with Crippen LogP contribution in [0.2, 0.25) is 0 Å². The van der Waals surface area contributed by atoms with E-state index in [9.17, 15) is 21.6 Å². The molecule has 4 N–H and O–H groups in total. The Labute approximate surface area is 192 Å². The SMILES string of the molecule is COc1ccc(NS(=O)(=O)c2ccc(C)c(C(=O)NCc3cccc(S(N)(=O)=O)c3)c2)cc1. The van der Waals surface area contributed by atoms with Gasteiger partial charge in [-0.15, -0.1) is 0 Å². The van der Waals surface area contributed by atoms with Crippen LogP contribution < -0.4 is 19.9 Å². The second-order valence-corrected chi connectivity index (χ2v) is 10.4. The van der Waals surface area contributed by atoms with Gasteiger partial charge in [-0.25, -0.2) is 22.0 Å². The maximum Gasteiger partial charge on any atom is 0.261 e. The van der Waals surface area contributed by atoms with Crippen molar-refractivity contribution < 1.29 is 26.4 Å². The largest absolute Gasteiger partial charge is 0.497 e. The first-order chi connectivity index (χ1) is 15.5. The Morgan fingerprint density at radius 3 is 2.27 bits per heavy atom. The molecule has 0 radical (unpaired) electrons. The fraction of sp³-hybridized carbons (Fsp3) is 0.136. The molecule has 0 spiro atoms. The third-order valence-corrected chi connectivity index (χ3v) is 7.08. The van der Waals surface area contributed by atoms with Crippen molar-refractivity contribution >= 4 is 31.6 Å². The summed E-state index contributed by atoms with van der Waals surface area (Å²) < 4.78 is 56.2. The molecule has 0 aliphatic heterocycles. The molecule has 3 aromatic carbocycles. The minimum Gasteiger partial charge on any atom is -0.497 e. The van der Waals surface area contributed by atoms with Crippen LogP contribution in [0.3, 0.4) is 0 Å². The molecule has 0 saturated carbocycles. The molecule has 0 heterocycles. The van der Waals surface area contributed by atoms with Gasteiger partial charge in [0.2, 0.25) is 10.0 Å². The lowest BCUT2D eigenvalue weighted by atomic mass is 10.1. The first kappa shape index (κ1) is 24.2. The number of methoxy groups -OCH3 is 1. The summed E-state index contributed by atoms with van der Waals surface area (Å²) in [5.41, 5.74) is 1.62. The third-order valence-electron chi connectivity index (χ3n) is 4.79. The van der Waals surface area contributed by atoms with Crippen molar-refractivity contribution in [2.75, 3.05) is 11.8 Å². The Bertz CT molecular complexity index is 1390. The van der Waals surface area contributed by atoms with E-state index in [2.05, 4.69) is 10.0 Å². The average molecular weight is 490 g/mol.